The lowest BCUT2D eigenvalue weighted by Gasteiger charge is -2.33. The maximum Gasteiger partial charge on any atom is 0.433 e. The van der Waals surface area contributed by atoms with E-state index in [2.05, 4.69) is 15.0 Å². The van der Waals surface area contributed by atoms with Crippen molar-refractivity contribution in [3.63, 3.8) is 0 Å². The highest BCUT2D eigenvalue weighted by molar-refractivity contribution is 5.81. The molecule has 0 bridgehead atoms. The summed E-state index contributed by atoms with van der Waals surface area (Å²) in [5.41, 5.74) is 0.363. The number of fused-ring (bicyclic) bond motifs is 1. The molecule has 0 unspecified atom stereocenters. The number of nitrogens with zero attached hydrogens (tertiary/aromatic N) is 5. The summed E-state index contributed by atoms with van der Waals surface area (Å²) < 4.78 is 41.8. The van der Waals surface area contributed by atoms with E-state index in [1.807, 2.05) is 25.7 Å². The maximum absolute atomic E-state index is 13.6. The molecule has 2 aliphatic heterocycles. The van der Waals surface area contributed by atoms with Gasteiger partial charge in [-0.1, -0.05) is 20.3 Å². The molecule has 2 aromatic heterocycles. The van der Waals surface area contributed by atoms with Gasteiger partial charge in [-0.05, 0) is 51.3 Å². The number of carbonyl (C=O) groups excluding carboxylic acids is 1. The van der Waals surface area contributed by atoms with E-state index in [9.17, 15) is 18.0 Å². The lowest BCUT2D eigenvalue weighted by Crippen LogP contribution is -2.48. The number of hydrogen-bond acceptors (Lipinski definition) is 4. The van der Waals surface area contributed by atoms with Crippen molar-refractivity contribution < 1.29 is 18.0 Å². The molecular weight excluding hydrogens is 407 g/mol. The van der Waals surface area contributed by atoms with Crippen LogP contribution in [-0.2, 0) is 11.0 Å². The minimum atomic E-state index is -4.52. The average Bonchev–Trinajstić information content (AvgIpc) is 3.38. The molecule has 0 radical (unpaired) electrons. The van der Waals surface area contributed by atoms with E-state index < -0.39 is 11.9 Å². The molecule has 0 aromatic carbocycles. The van der Waals surface area contributed by atoms with Crippen molar-refractivity contribution in [1.29, 1.82) is 0 Å². The first-order chi connectivity index (χ1) is 14.6. The molecule has 2 fully saturated rings. The van der Waals surface area contributed by atoms with Crippen LogP contribution in [0.25, 0.3) is 5.65 Å². The van der Waals surface area contributed by atoms with Gasteiger partial charge in [0.25, 0.3) is 0 Å². The number of aromatic nitrogens is 3. The van der Waals surface area contributed by atoms with Crippen molar-refractivity contribution in [2.45, 2.75) is 70.5 Å². The zero-order chi connectivity index (χ0) is 22.3. The molecule has 2 atom stereocenters. The SMILES string of the molecule is CC(C)c1cc(C(F)(F)F)n2nc([C@H]3CCN(C(=O)[C@@H](C)N4CCCCC4)C3)cc2n1. The van der Waals surface area contributed by atoms with Gasteiger partial charge in [-0.15, -0.1) is 0 Å². The lowest BCUT2D eigenvalue weighted by molar-refractivity contribution is -0.142. The highest BCUT2D eigenvalue weighted by Gasteiger charge is 2.37. The molecule has 0 aliphatic carbocycles. The molecule has 31 heavy (non-hydrogen) atoms. The summed E-state index contributed by atoms with van der Waals surface area (Å²) in [6.07, 6.45) is -0.372. The zero-order valence-electron chi connectivity index (χ0n) is 18.3. The normalized spacial score (nSPS) is 21.9. The Balaban J connectivity index is 1.55. The Labute approximate surface area is 180 Å². The summed E-state index contributed by atoms with van der Waals surface area (Å²) in [4.78, 5) is 21.5. The Hall–Kier alpha value is -2.16. The van der Waals surface area contributed by atoms with Crippen molar-refractivity contribution in [2.75, 3.05) is 26.2 Å². The van der Waals surface area contributed by atoms with Gasteiger partial charge in [0.15, 0.2) is 5.65 Å². The Morgan fingerprint density at radius 3 is 2.45 bits per heavy atom. The summed E-state index contributed by atoms with van der Waals surface area (Å²) in [6.45, 7) is 8.58. The van der Waals surface area contributed by atoms with Crippen molar-refractivity contribution >= 4 is 11.6 Å². The van der Waals surface area contributed by atoms with E-state index in [4.69, 9.17) is 0 Å². The fourth-order valence-corrected chi connectivity index (χ4v) is 4.64. The van der Waals surface area contributed by atoms with E-state index in [0.717, 1.165) is 36.5 Å². The lowest BCUT2D eigenvalue weighted by atomic mass is 10.1. The van der Waals surface area contributed by atoms with Crippen molar-refractivity contribution in [1.82, 2.24) is 24.4 Å². The molecule has 6 nitrogen and oxygen atoms in total. The van der Waals surface area contributed by atoms with E-state index in [0.29, 0.717) is 30.9 Å². The number of carbonyl (C=O) groups is 1. The van der Waals surface area contributed by atoms with Crippen molar-refractivity contribution in [2.24, 2.45) is 0 Å². The van der Waals surface area contributed by atoms with Gasteiger partial charge in [0.2, 0.25) is 5.91 Å². The van der Waals surface area contributed by atoms with Gasteiger partial charge in [0.1, 0.15) is 5.69 Å². The number of piperidine rings is 1. The van der Waals surface area contributed by atoms with Crippen molar-refractivity contribution in [3.05, 3.63) is 29.2 Å². The Morgan fingerprint density at radius 2 is 1.81 bits per heavy atom. The minimum absolute atomic E-state index is 0.0808. The third-order valence-electron chi connectivity index (χ3n) is 6.56. The smallest absolute Gasteiger partial charge is 0.341 e. The third-order valence-corrected chi connectivity index (χ3v) is 6.56. The van der Waals surface area contributed by atoms with Gasteiger partial charge >= 0.3 is 6.18 Å². The zero-order valence-corrected chi connectivity index (χ0v) is 18.3. The fourth-order valence-electron chi connectivity index (χ4n) is 4.64. The monoisotopic (exact) mass is 437 g/mol. The predicted octanol–water partition coefficient (Wildman–Crippen LogP) is 4.06. The van der Waals surface area contributed by atoms with E-state index >= 15 is 0 Å². The summed E-state index contributed by atoms with van der Waals surface area (Å²) >= 11 is 0. The molecule has 2 aliphatic rings. The molecule has 4 rings (SSSR count). The first kappa shape index (κ1) is 22.0. The fraction of sp³-hybridized carbons (Fsp3) is 0.682. The highest BCUT2D eigenvalue weighted by atomic mass is 19.4. The number of amides is 1. The molecule has 2 aromatic rings. The van der Waals surface area contributed by atoms with Crippen LogP contribution in [0.4, 0.5) is 13.2 Å². The van der Waals surface area contributed by atoms with Crippen LogP contribution in [0.5, 0.6) is 0 Å². The number of hydrogen-bond donors (Lipinski definition) is 0. The average molecular weight is 438 g/mol. The van der Waals surface area contributed by atoms with Crippen LogP contribution in [0.3, 0.4) is 0 Å². The molecule has 0 spiro atoms. The first-order valence-electron chi connectivity index (χ1n) is 11.2. The van der Waals surface area contributed by atoms with Gasteiger partial charge in [-0.2, -0.15) is 18.3 Å². The largest absolute Gasteiger partial charge is 0.433 e. The molecular formula is C22H30F3N5O. The highest BCUT2D eigenvalue weighted by Crippen LogP contribution is 2.33. The summed E-state index contributed by atoms with van der Waals surface area (Å²) in [5.74, 6) is -0.104. The van der Waals surface area contributed by atoms with Gasteiger partial charge in [-0.3, -0.25) is 9.69 Å². The Kier molecular flexibility index (Phi) is 5.98. The third kappa shape index (κ3) is 4.42. The molecule has 2 saturated heterocycles. The second kappa shape index (κ2) is 8.41. The van der Waals surface area contributed by atoms with Crippen LogP contribution in [0.2, 0.25) is 0 Å². The van der Waals surface area contributed by atoms with Gasteiger partial charge < -0.3 is 4.90 Å². The molecule has 4 heterocycles. The van der Waals surface area contributed by atoms with Gasteiger partial charge in [0, 0.05) is 30.8 Å². The second-order valence-corrected chi connectivity index (χ2v) is 9.10. The first-order valence-corrected chi connectivity index (χ1v) is 11.2. The van der Waals surface area contributed by atoms with Crippen LogP contribution < -0.4 is 0 Å². The molecule has 0 saturated carbocycles. The molecule has 170 valence electrons. The number of rotatable bonds is 4. The standard InChI is InChI=1S/C22H30F3N5O/c1-14(2)17-11-19(22(23,24)25)30-20(26-17)12-18(27-30)16-7-10-29(13-16)21(31)15(3)28-8-5-4-6-9-28/h11-12,14-16H,4-10,13H2,1-3H3/t15-,16+/m1/s1. The summed E-state index contributed by atoms with van der Waals surface area (Å²) in [5, 5.41) is 4.28. The molecule has 9 heteroatoms. The summed E-state index contributed by atoms with van der Waals surface area (Å²) in [6, 6.07) is 2.57. The van der Waals surface area contributed by atoms with Gasteiger partial charge in [-0.25, -0.2) is 9.50 Å². The molecule has 1 amide bonds. The Bertz CT molecular complexity index is 949. The minimum Gasteiger partial charge on any atom is -0.341 e. The topological polar surface area (TPSA) is 53.7 Å². The van der Waals surface area contributed by atoms with Gasteiger partial charge in [0.05, 0.1) is 11.7 Å². The maximum atomic E-state index is 13.6. The predicted molar refractivity (Wildman–Crippen MR) is 111 cm³/mol. The van der Waals surface area contributed by atoms with E-state index in [1.165, 1.54) is 6.42 Å². The van der Waals surface area contributed by atoms with Crippen LogP contribution in [0.1, 0.15) is 75.4 Å². The van der Waals surface area contributed by atoms with Crippen LogP contribution in [0.15, 0.2) is 12.1 Å². The quantitative estimate of drug-likeness (QED) is 0.724. The number of halogens is 3. The van der Waals surface area contributed by atoms with Crippen LogP contribution >= 0.6 is 0 Å². The van der Waals surface area contributed by atoms with Crippen LogP contribution in [-0.4, -0.2) is 62.5 Å². The van der Waals surface area contributed by atoms with Crippen LogP contribution in [0, 0.1) is 0 Å². The Morgan fingerprint density at radius 1 is 1.10 bits per heavy atom. The second-order valence-electron chi connectivity index (χ2n) is 9.10. The number of alkyl halides is 3. The molecule has 0 N–H and O–H groups in total. The van der Waals surface area contributed by atoms with E-state index in [-0.39, 0.29) is 29.4 Å². The van der Waals surface area contributed by atoms with E-state index in [1.54, 1.807) is 6.07 Å². The number of likely N-dealkylation sites (tertiary alicyclic amines) is 2. The van der Waals surface area contributed by atoms with Crippen molar-refractivity contribution in [3.8, 4) is 0 Å². The summed E-state index contributed by atoms with van der Waals surface area (Å²) in [7, 11) is 0.